The Bertz CT molecular complexity index is 1200. The lowest BCUT2D eigenvalue weighted by Crippen LogP contribution is -2.35. The molecule has 2 unspecified atom stereocenters. The summed E-state index contributed by atoms with van der Waals surface area (Å²) < 4.78 is 46.0. The number of nitrogens with zero attached hydrogens (tertiary/aromatic N) is 4. The predicted octanol–water partition coefficient (Wildman–Crippen LogP) is 3.63. The van der Waals surface area contributed by atoms with Crippen LogP contribution in [0.4, 0.5) is 24.8 Å². The van der Waals surface area contributed by atoms with Gasteiger partial charge in [0.25, 0.3) is 0 Å². The van der Waals surface area contributed by atoms with Crippen molar-refractivity contribution in [1.82, 2.24) is 19.9 Å². The average Bonchev–Trinajstić information content (AvgIpc) is 3.37. The van der Waals surface area contributed by atoms with Gasteiger partial charge in [0.15, 0.2) is 11.6 Å². The number of hydrogen-bond donors (Lipinski definition) is 4. The van der Waals surface area contributed by atoms with E-state index in [4.69, 9.17) is 16.0 Å². The number of amides is 1. The molecule has 1 amide bonds. The Morgan fingerprint density at radius 2 is 1.89 bits per heavy atom. The topological polar surface area (TPSA) is 158 Å². The minimum absolute atomic E-state index is 0.0732. The summed E-state index contributed by atoms with van der Waals surface area (Å²) in [5, 5.41) is 20.4. The van der Waals surface area contributed by atoms with Gasteiger partial charge in [-0.2, -0.15) is 18.3 Å². The van der Waals surface area contributed by atoms with Crippen LogP contribution in [-0.4, -0.2) is 37.1 Å². The summed E-state index contributed by atoms with van der Waals surface area (Å²) in [5.41, 5.74) is 11.1. The fraction of sp³-hybridized carbons (Fsp3) is 0.455. The van der Waals surface area contributed by atoms with Gasteiger partial charge >= 0.3 is 6.18 Å². The van der Waals surface area contributed by atoms with Crippen LogP contribution in [0.15, 0.2) is 28.9 Å². The highest BCUT2D eigenvalue weighted by Gasteiger charge is 2.51. The molecule has 10 nitrogen and oxygen atoms in total. The van der Waals surface area contributed by atoms with Gasteiger partial charge in [-0.25, -0.2) is 4.68 Å². The lowest BCUT2D eigenvalue weighted by atomic mass is 9.89. The molecule has 35 heavy (non-hydrogen) atoms. The first-order valence-corrected chi connectivity index (χ1v) is 10.8. The number of rotatable bonds is 7. The van der Waals surface area contributed by atoms with Crippen molar-refractivity contribution in [3.63, 3.8) is 0 Å². The molecule has 6 N–H and O–H groups in total. The van der Waals surface area contributed by atoms with Crippen molar-refractivity contribution < 1.29 is 27.6 Å². The molecule has 0 aliphatic rings. The summed E-state index contributed by atoms with van der Waals surface area (Å²) in [6.45, 7) is 7.26. The summed E-state index contributed by atoms with van der Waals surface area (Å²) >= 11 is 0. The van der Waals surface area contributed by atoms with E-state index in [1.54, 1.807) is 19.1 Å². The number of anilines is 2. The zero-order valence-corrected chi connectivity index (χ0v) is 19.9. The number of alkyl halides is 3. The number of aliphatic hydroxyl groups excluding tert-OH is 1. The second-order valence-electron chi connectivity index (χ2n) is 9.01. The Hall–Kier alpha value is -3.45. The molecule has 13 heteroatoms. The third-order valence-electron chi connectivity index (χ3n) is 5.75. The molecule has 190 valence electrons. The van der Waals surface area contributed by atoms with E-state index in [1.165, 1.54) is 10.9 Å². The van der Waals surface area contributed by atoms with Gasteiger partial charge in [0.1, 0.15) is 23.2 Å². The molecule has 3 aromatic rings. The highest BCUT2D eigenvalue weighted by molar-refractivity contribution is 5.94. The first-order valence-electron chi connectivity index (χ1n) is 10.8. The van der Waals surface area contributed by atoms with Gasteiger partial charge in [-0.1, -0.05) is 5.16 Å². The molecule has 3 heterocycles. The molecule has 3 rings (SSSR count). The summed E-state index contributed by atoms with van der Waals surface area (Å²) in [7, 11) is 0. The van der Waals surface area contributed by atoms with Crippen molar-refractivity contribution >= 4 is 17.5 Å². The van der Waals surface area contributed by atoms with Crippen LogP contribution >= 0.6 is 0 Å². The standard InChI is InChI=1S/C22H28F3N7O3/c1-10(2)32-18(26)16(19(27)33)17(30-32)12-6-7-13(28-9-12)11(3)20(34)29-15-8-14(35-31-15)21(4,5)22(23,24)25/h6-11,19,33H,26-27H2,1-5H3,(H,29,31,34). The Morgan fingerprint density at radius 3 is 2.40 bits per heavy atom. The smallest absolute Gasteiger partial charge is 0.384 e. The quantitative estimate of drug-likeness (QED) is 0.362. The van der Waals surface area contributed by atoms with Crippen LogP contribution in [-0.2, 0) is 10.2 Å². The minimum atomic E-state index is -4.55. The average molecular weight is 496 g/mol. The summed E-state index contributed by atoms with van der Waals surface area (Å²) in [5.74, 6) is -1.63. The first-order chi connectivity index (χ1) is 16.1. The van der Waals surface area contributed by atoms with Gasteiger partial charge in [-0.05, 0) is 46.8 Å². The van der Waals surface area contributed by atoms with E-state index >= 15 is 0 Å². The van der Waals surface area contributed by atoms with Crippen molar-refractivity contribution in [3.05, 3.63) is 41.4 Å². The second-order valence-corrected chi connectivity index (χ2v) is 9.01. The Kier molecular flexibility index (Phi) is 6.95. The number of carbonyl (C=O) groups excluding carboxylic acids is 1. The van der Waals surface area contributed by atoms with Crippen LogP contribution < -0.4 is 16.8 Å². The number of carbonyl (C=O) groups is 1. The molecule has 0 bridgehead atoms. The molecular weight excluding hydrogens is 467 g/mol. The van der Waals surface area contributed by atoms with Crippen LogP contribution in [0, 0.1) is 0 Å². The summed E-state index contributed by atoms with van der Waals surface area (Å²) in [6, 6.07) is 4.22. The second kappa shape index (κ2) is 9.30. The number of aliphatic hydroxyl groups is 1. The molecule has 0 spiro atoms. The highest BCUT2D eigenvalue weighted by Crippen LogP contribution is 2.41. The Balaban J connectivity index is 1.79. The van der Waals surface area contributed by atoms with Crippen LogP contribution in [0.5, 0.6) is 0 Å². The van der Waals surface area contributed by atoms with Crippen molar-refractivity contribution in [1.29, 1.82) is 0 Å². The van der Waals surface area contributed by atoms with E-state index in [9.17, 15) is 23.1 Å². The van der Waals surface area contributed by atoms with Gasteiger partial charge in [0.05, 0.1) is 17.2 Å². The van der Waals surface area contributed by atoms with Crippen molar-refractivity contribution in [2.45, 2.75) is 64.4 Å². The number of nitrogen functional groups attached to an aromatic ring is 1. The molecule has 2 atom stereocenters. The zero-order chi connectivity index (χ0) is 26.3. The van der Waals surface area contributed by atoms with Gasteiger partial charge in [0, 0.05) is 23.9 Å². The normalized spacial score (nSPS) is 14.3. The number of pyridine rings is 1. The number of halogens is 3. The van der Waals surface area contributed by atoms with Gasteiger partial charge in [-0.15, -0.1) is 0 Å². The first kappa shape index (κ1) is 26.2. The molecule has 0 saturated heterocycles. The predicted molar refractivity (Wildman–Crippen MR) is 122 cm³/mol. The van der Waals surface area contributed by atoms with Gasteiger partial charge < -0.3 is 26.4 Å². The van der Waals surface area contributed by atoms with Crippen LogP contribution in [0.2, 0.25) is 0 Å². The SMILES string of the molecule is CC(C(=O)Nc1cc(C(C)(C)C(F)(F)F)on1)c1ccc(-c2nn(C(C)C)c(N)c2C(N)O)cn1. The summed E-state index contributed by atoms with van der Waals surface area (Å²) in [6.07, 6.45) is -4.43. The lowest BCUT2D eigenvalue weighted by Gasteiger charge is -2.24. The molecular formula is C22H28F3N7O3. The number of aromatic nitrogens is 4. The van der Waals surface area contributed by atoms with Gasteiger partial charge in [0.2, 0.25) is 5.91 Å². The molecule has 0 aliphatic heterocycles. The largest absolute Gasteiger partial charge is 0.401 e. The fourth-order valence-electron chi connectivity index (χ4n) is 3.30. The molecule has 0 saturated carbocycles. The maximum Gasteiger partial charge on any atom is 0.401 e. The van der Waals surface area contributed by atoms with Gasteiger partial charge in [-0.3, -0.25) is 9.78 Å². The van der Waals surface area contributed by atoms with Crippen LogP contribution in [0.25, 0.3) is 11.3 Å². The highest BCUT2D eigenvalue weighted by atomic mass is 19.4. The monoisotopic (exact) mass is 495 g/mol. The van der Waals surface area contributed by atoms with E-state index in [-0.39, 0.29) is 23.2 Å². The maximum absolute atomic E-state index is 13.2. The maximum atomic E-state index is 13.2. The van der Waals surface area contributed by atoms with E-state index in [2.05, 4.69) is 20.6 Å². The van der Waals surface area contributed by atoms with E-state index in [0.29, 0.717) is 17.0 Å². The third kappa shape index (κ3) is 5.00. The number of nitrogens with one attached hydrogen (secondary N) is 1. The Morgan fingerprint density at radius 1 is 1.23 bits per heavy atom. The van der Waals surface area contributed by atoms with Crippen molar-refractivity contribution in [2.75, 3.05) is 11.1 Å². The third-order valence-corrected chi connectivity index (χ3v) is 5.75. The molecule has 0 aromatic carbocycles. The number of hydrogen-bond acceptors (Lipinski definition) is 8. The molecule has 0 aliphatic carbocycles. The van der Waals surface area contributed by atoms with Crippen LogP contribution in [0.1, 0.15) is 69.8 Å². The lowest BCUT2D eigenvalue weighted by molar-refractivity contribution is -0.185. The zero-order valence-electron chi connectivity index (χ0n) is 19.9. The van der Waals surface area contributed by atoms with Crippen LogP contribution in [0.3, 0.4) is 0 Å². The molecule has 0 fully saturated rings. The fourth-order valence-corrected chi connectivity index (χ4v) is 3.30. The molecule has 3 aromatic heterocycles. The van der Waals surface area contributed by atoms with Crippen molar-refractivity contribution in [2.24, 2.45) is 5.73 Å². The van der Waals surface area contributed by atoms with E-state index < -0.39 is 35.4 Å². The van der Waals surface area contributed by atoms with E-state index in [0.717, 1.165) is 19.9 Å². The minimum Gasteiger partial charge on any atom is -0.384 e. The summed E-state index contributed by atoms with van der Waals surface area (Å²) in [4.78, 5) is 17.0. The van der Waals surface area contributed by atoms with Crippen molar-refractivity contribution in [3.8, 4) is 11.3 Å². The van der Waals surface area contributed by atoms with E-state index in [1.807, 2.05) is 13.8 Å². The number of nitrogens with two attached hydrogens (primary N) is 2. The Labute approximate surface area is 199 Å². The molecule has 0 radical (unpaired) electrons.